The predicted molar refractivity (Wildman–Crippen MR) is 84.3 cm³/mol. The van der Waals surface area contributed by atoms with Crippen LogP contribution in [0.5, 0.6) is 0 Å². The fraction of sp³-hybridized carbons (Fsp3) is 0.867. The van der Waals surface area contributed by atoms with Crippen LogP contribution in [-0.2, 0) is 4.74 Å². The smallest absolute Gasteiger partial charge is 0.406 e. The third-order valence-corrected chi connectivity index (χ3v) is 3.62. The standard InChI is InChI=1S/C15H31N3O3/c1-8-15(5,6)10-17-12(19)18-11(14(2,3)4)9-21-13(20)16-7/h11H,8-10H2,1-7H3,(H,16,20)(H2,17,18,19). The highest BCUT2D eigenvalue weighted by Gasteiger charge is 2.28. The first-order valence-corrected chi connectivity index (χ1v) is 7.40. The van der Waals surface area contributed by atoms with Crippen molar-refractivity contribution in [3.05, 3.63) is 0 Å². The Morgan fingerprint density at radius 2 is 1.71 bits per heavy atom. The monoisotopic (exact) mass is 301 g/mol. The number of urea groups is 1. The van der Waals surface area contributed by atoms with Gasteiger partial charge in [0.15, 0.2) is 0 Å². The molecular formula is C15H31N3O3. The molecule has 0 heterocycles. The molecule has 0 aliphatic rings. The van der Waals surface area contributed by atoms with Gasteiger partial charge in [-0.2, -0.15) is 0 Å². The zero-order valence-electron chi connectivity index (χ0n) is 14.4. The molecule has 0 aliphatic carbocycles. The molecule has 0 radical (unpaired) electrons. The lowest BCUT2D eigenvalue weighted by molar-refractivity contribution is 0.109. The first-order chi connectivity index (χ1) is 9.51. The maximum atomic E-state index is 12.0. The summed E-state index contributed by atoms with van der Waals surface area (Å²) in [7, 11) is 1.50. The van der Waals surface area contributed by atoms with Crippen LogP contribution in [0.4, 0.5) is 9.59 Å². The lowest BCUT2D eigenvalue weighted by Crippen LogP contribution is -2.52. The summed E-state index contributed by atoms with van der Waals surface area (Å²) in [4.78, 5) is 23.2. The molecule has 0 rings (SSSR count). The SMILES string of the molecule is CCC(C)(C)CNC(=O)NC(COC(=O)NC)C(C)(C)C. The minimum absolute atomic E-state index is 0.0627. The average molecular weight is 301 g/mol. The van der Waals surface area contributed by atoms with Crippen molar-refractivity contribution in [1.82, 2.24) is 16.0 Å². The topological polar surface area (TPSA) is 79.5 Å². The van der Waals surface area contributed by atoms with Crippen molar-refractivity contribution >= 4 is 12.1 Å². The molecule has 6 nitrogen and oxygen atoms in total. The van der Waals surface area contributed by atoms with Gasteiger partial charge in [-0.1, -0.05) is 41.5 Å². The lowest BCUT2D eigenvalue weighted by Gasteiger charge is -2.31. The summed E-state index contributed by atoms with van der Waals surface area (Å²) < 4.78 is 5.05. The quantitative estimate of drug-likeness (QED) is 0.705. The number of hydrogen-bond donors (Lipinski definition) is 3. The van der Waals surface area contributed by atoms with Gasteiger partial charge in [0.2, 0.25) is 0 Å². The predicted octanol–water partition coefficient (Wildman–Crippen LogP) is 2.49. The molecule has 0 saturated heterocycles. The molecule has 0 fully saturated rings. The normalized spacial score (nSPS) is 13.3. The molecule has 0 saturated carbocycles. The zero-order chi connectivity index (χ0) is 16.7. The van der Waals surface area contributed by atoms with Gasteiger partial charge >= 0.3 is 12.1 Å². The second kappa shape index (κ2) is 8.10. The summed E-state index contributed by atoms with van der Waals surface area (Å²) in [5.41, 5.74) is -0.154. The van der Waals surface area contributed by atoms with Crippen LogP contribution >= 0.6 is 0 Å². The Kier molecular flexibility index (Phi) is 7.53. The molecule has 6 heteroatoms. The molecule has 0 spiro atoms. The van der Waals surface area contributed by atoms with Crippen LogP contribution in [0.15, 0.2) is 0 Å². The van der Waals surface area contributed by atoms with E-state index in [0.29, 0.717) is 6.54 Å². The summed E-state index contributed by atoms with van der Waals surface area (Å²) in [5, 5.41) is 8.14. The van der Waals surface area contributed by atoms with Crippen LogP contribution in [0, 0.1) is 10.8 Å². The molecule has 1 unspecified atom stereocenters. The minimum atomic E-state index is -0.501. The van der Waals surface area contributed by atoms with Gasteiger partial charge in [-0.3, -0.25) is 0 Å². The highest BCUT2D eigenvalue weighted by Crippen LogP contribution is 2.20. The van der Waals surface area contributed by atoms with Gasteiger partial charge in [0.1, 0.15) is 6.61 Å². The van der Waals surface area contributed by atoms with Gasteiger partial charge in [0, 0.05) is 13.6 Å². The zero-order valence-corrected chi connectivity index (χ0v) is 14.4. The Balaban J connectivity index is 4.47. The fourth-order valence-electron chi connectivity index (χ4n) is 1.39. The number of nitrogens with one attached hydrogen (secondary N) is 3. The van der Waals surface area contributed by atoms with Gasteiger partial charge in [-0.25, -0.2) is 9.59 Å². The second-order valence-electron chi connectivity index (χ2n) is 7.11. The van der Waals surface area contributed by atoms with E-state index in [9.17, 15) is 9.59 Å². The summed E-state index contributed by atoms with van der Waals surface area (Å²) >= 11 is 0. The maximum Gasteiger partial charge on any atom is 0.406 e. The third kappa shape index (κ3) is 8.42. The van der Waals surface area contributed by atoms with Gasteiger partial charge in [0.05, 0.1) is 6.04 Å². The van der Waals surface area contributed by atoms with Gasteiger partial charge in [0.25, 0.3) is 0 Å². The number of hydrogen-bond acceptors (Lipinski definition) is 3. The van der Waals surface area contributed by atoms with Crippen LogP contribution < -0.4 is 16.0 Å². The van der Waals surface area contributed by atoms with Gasteiger partial charge < -0.3 is 20.7 Å². The maximum absolute atomic E-state index is 12.0. The Bertz CT molecular complexity index is 349. The van der Waals surface area contributed by atoms with E-state index < -0.39 is 6.09 Å². The summed E-state index contributed by atoms with van der Waals surface area (Å²) in [6.07, 6.45) is 0.481. The van der Waals surface area contributed by atoms with E-state index in [2.05, 4.69) is 36.7 Å². The highest BCUT2D eigenvalue weighted by molar-refractivity contribution is 5.74. The third-order valence-electron chi connectivity index (χ3n) is 3.62. The number of amides is 3. The first-order valence-electron chi connectivity index (χ1n) is 7.40. The Morgan fingerprint density at radius 3 is 2.14 bits per heavy atom. The fourth-order valence-corrected chi connectivity index (χ4v) is 1.39. The molecule has 3 amide bonds. The molecule has 0 bridgehead atoms. The number of ether oxygens (including phenoxy) is 1. The number of alkyl carbamates (subject to hydrolysis) is 1. The highest BCUT2D eigenvalue weighted by atomic mass is 16.5. The molecule has 124 valence electrons. The minimum Gasteiger partial charge on any atom is -0.447 e. The molecule has 0 aromatic heterocycles. The second-order valence-corrected chi connectivity index (χ2v) is 7.11. The average Bonchev–Trinajstić information content (AvgIpc) is 2.39. The summed E-state index contributed by atoms with van der Waals surface area (Å²) in [6.45, 7) is 13.0. The van der Waals surface area contributed by atoms with Gasteiger partial charge in [-0.05, 0) is 17.3 Å². The van der Waals surface area contributed by atoms with Gasteiger partial charge in [-0.15, -0.1) is 0 Å². The molecule has 21 heavy (non-hydrogen) atoms. The van der Waals surface area contributed by atoms with E-state index in [1.165, 1.54) is 7.05 Å². The van der Waals surface area contributed by atoms with E-state index in [1.807, 2.05) is 20.8 Å². The molecular weight excluding hydrogens is 270 g/mol. The number of rotatable bonds is 6. The summed E-state index contributed by atoms with van der Waals surface area (Å²) in [6, 6.07) is -0.503. The van der Waals surface area contributed by atoms with E-state index in [1.54, 1.807) is 0 Å². The molecule has 3 N–H and O–H groups in total. The Morgan fingerprint density at radius 1 is 1.14 bits per heavy atom. The number of carbonyl (C=O) groups excluding carboxylic acids is 2. The lowest BCUT2D eigenvalue weighted by atomic mass is 9.87. The summed E-state index contributed by atoms with van der Waals surface area (Å²) in [5.74, 6) is 0. The van der Waals surface area contributed by atoms with Crippen LogP contribution in [0.2, 0.25) is 0 Å². The van der Waals surface area contributed by atoms with E-state index in [4.69, 9.17) is 4.74 Å². The van der Waals surface area contributed by atoms with Crippen LogP contribution in [0.3, 0.4) is 0 Å². The van der Waals surface area contributed by atoms with Crippen molar-refractivity contribution in [2.45, 2.75) is 54.0 Å². The van der Waals surface area contributed by atoms with Crippen molar-refractivity contribution < 1.29 is 14.3 Å². The van der Waals surface area contributed by atoms with Crippen molar-refractivity contribution in [1.29, 1.82) is 0 Å². The number of carbonyl (C=O) groups is 2. The molecule has 1 atom stereocenters. The van der Waals surface area contributed by atoms with Crippen LogP contribution in [0.1, 0.15) is 48.0 Å². The van der Waals surface area contributed by atoms with E-state index in [0.717, 1.165) is 6.42 Å². The first kappa shape index (κ1) is 19.5. The molecule has 0 aromatic carbocycles. The van der Waals surface area contributed by atoms with Crippen molar-refractivity contribution in [3.8, 4) is 0 Å². The van der Waals surface area contributed by atoms with Crippen molar-refractivity contribution in [2.24, 2.45) is 10.8 Å². The van der Waals surface area contributed by atoms with E-state index >= 15 is 0 Å². The Hall–Kier alpha value is -1.46. The molecule has 0 aromatic rings. The van der Waals surface area contributed by atoms with Crippen molar-refractivity contribution in [3.63, 3.8) is 0 Å². The van der Waals surface area contributed by atoms with E-state index in [-0.39, 0.29) is 29.5 Å². The molecule has 0 aliphatic heterocycles. The van der Waals surface area contributed by atoms with Crippen molar-refractivity contribution in [2.75, 3.05) is 20.2 Å². The largest absolute Gasteiger partial charge is 0.447 e. The van der Waals surface area contributed by atoms with Crippen LogP contribution in [-0.4, -0.2) is 38.4 Å². The van der Waals surface area contributed by atoms with Crippen LogP contribution in [0.25, 0.3) is 0 Å². The Labute approximate surface area is 128 Å².